The van der Waals surface area contributed by atoms with E-state index >= 15 is 0 Å². The largest absolute Gasteiger partial charge is 0.372 e. The van der Waals surface area contributed by atoms with Crippen molar-refractivity contribution in [2.45, 2.75) is 53.1 Å². The van der Waals surface area contributed by atoms with Gasteiger partial charge in [0.1, 0.15) is 6.10 Å². The van der Waals surface area contributed by atoms with Crippen molar-refractivity contribution in [1.29, 1.82) is 0 Å². The fraction of sp³-hybridized carbons (Fsp3) is 0.556. The van der Waals surface area contributed by atoms with Crippen LogP contribution in [0.1, 0.15) is 57.3 Å². The number of hydrogen-bond donors (Lipinski definition) is 0. The molecular weight excluding hydrogens is 232 g/mol. The van der Waals surface area contributed by atoms with Crippen molar-refractivity contribution in [2.75, 3.05) is 7.11 Å². The van der Waals surface area contributed by atoms with Gasteiger partial charge in [0.15, 0.2) is 0 Å². The summed E-state index contributed by atoms with van der Waals surface area (Å²) < 4.78 is 5.86. The van der Waals surface area contributed by atoms with Crippen LogP contribution in [0, 0.1) is 12.3 Å². The summed E-state index contributed by atoms with van der Waals surface area (Å²) in [6, 6.07) is 8.75. The Morgan fingerprint density at radius 2 is 1.74 bits per heavy atom. The van der Waals surface area contributed by atoms with Crippen molar-refractivity contribution in [3.05, 3.63) is 46.5 Å². The summed E-state index contributed by atoms with van der Waals surface area (Å²) >= 11 is 0. The molecule has 0 saturated carbocycles. The molecule has 1 atom stereocenters. The van der Waals surface area contributed by atoms with Crippen LogP contribution in [0.3, 0.4) is 0 Å². The number of methoxy groups -OCH3 is 1. The molecule has 0 N–H and O–H groups in total. The van der Waals surface area contributed by atoms with Crippen molar-refractivity contribution in [3.8, 4) is 0 Å². The Morgan fingerprint density at radius 3 is 2.26 bits per heavy atom. The van der Waals surface area contributed by atoms with Crippen LogP contribution in [0.15, 0.2) is 35.4 Å². The van der Waals surface area contributed by atoms with Crippen molar-refractivity contribution < 1.29 is 4.74 Å². The fourth-order valence-corrected chi connectivity index (χ4v) is 3.38. The zero-order valence-electron chi connectivity index (χ0n) is 12.9. The molecule has 0 bridgehead atoms. The molecule has 0 saturated heterocycles. The molecule has 1 aromatic rings. The maximum absolute atomic E-state index is 5.86. The van der Waals surface area contributed by atoms with Crippen LogP contribution >= 0.6 is 0 Å². The number of aryl methyl sites for hydroxylation is 1. The Morgan fingerprint density at radius 1 is 1.11 bits per heavy atom. The highest BCUT2D eigenvalue weighted by Crippen LogP contribution is 2.47. The van der Waals surface area contributed by atoms with Crippen LogP contribution in [0.4, 0.5) is 0 Å². The van der Waals surface area contributed by atoms with E-state index in [2.05, 4.69) is 52.0 Å². The van der Waals surface area contributed by atoms with Crippen LogP contribution in [-0.4, -0.2) is 7.11 Å². The second-order valence-corrected chi connectivity index (χ2v) is 6.46. The van der Waals surface area contributed by atoms with Crippen molar-refractivity contribution >= 4 is 0 Å². The average Bonchev–Trinajstić information content (AvgIpc) is 2.35. The third kappa shape index (κ3) is 2.92. The standard InChI is InChI=1S/C18H26O/c1-13-8-10-15(11-9-13)17(19-5)16-14(2)7-6-12-18(16,3)4/h8-11,17H,6-7,12H2,1-5H3. The maximum Gasteiger partial charge on any atom is 0.104 e. The van der Waals surface area contributed by atoms with Crippen LogP contribution in [0.5, 0.6) is 0 Å². The van der Waals surface area contributed by atoms with Gasteiger partial charge in [0.2, 0.25) is 0 Å². The van der Waals surface area contributed by atoms with Gasteiger partial charge in [0.25, 0.3) is 0 Å². The van der Waals surface area contributed by atoms with E-state index in [0.717, 1.165) is 0 Å². The first-order valence-electron chi connectivity index (χ1n) is 7.25. The smallest absolute Gasteiger partial charge is 0.104 e. The van der Waals surface area contributed by atoms with Gasteiger partial charge in [-0.2, -0.15) is 0 Å². The summed E-state index contributed by atoms with van der Waals surface area (Å²) in [6.07, 6.45) is 3.87. The maximum atomic E-state index is 5.86. The Kier molecular flexibility index (Phi) is 4.15. The summed E-state index contributed by atoms with van der Waals surface area (Å²) in [5.74, 6) is 0. The molecule has 1 unspecified atom stereocenters. The highest BCUT2D eigenvalue weighted by molar-refractivity contribution is 5.35. The van der Waals surface area contributed by atoms with Gasteiger partial charge in [-0.1, -0.05) is 49.2 Å². The lowest BCUT2D eigenvalue weighted by atomic mass is 9.69. The van der Waals surface area contributed by atoms with E-state index < -0.39 is 0 Å². The lowest BCUT2D eigenvalue weighted by molar-refractivity contribution is 0.106. The first-order chi connectivity index (χ1) is 8.95. The summed E-state index contributed by atoms with van der Waals surface area (Å²) in [6.45, 7) is 9.10. The molecule has 0 spiro atoms. The SMILES string of the molecule is COC(C1=C(C)CCCC1(C)C)c1ccc(C)cc1. The predicted octanol–water partition coefficient (Wildman–Crippen LogP) is 5.21. The fourth-order valence-electron chi connectivity index (χ4n) is 3.38. The van der Waals surface area contributed by atoms with Gasteiger partial charge in [-0.15, -0.1) is 0 Å². The van der Waals surface area contributed by atoms with E-state index in [0.29, 0.717) is 0 Å². The van der Waals surface area contributed by atoms with Gasteiger partial charge in [0, 0.05) is 7.11 Å². The second kappa shape index (κ2) is 5.50. The van der Waals surface area contributed by atoms with Gasteiger partial charge in [-0.05, 0) is 49.7 Å². The first-order valence-corrected chi connectivity index (χ1v) is 7.25. The molecule has 0 fully saturated rings. The van der Waals surface area contributed by atoms with E-state index in [1.807, 2.05) is 7.11 Å². The highest BCUT2D eigenvalue weighted by atomic mass is 16.5. The van der Waals surface area contributed by atoms with Gasteiger partial charge in [0.05, 0.1) is 0 Å². The van der Waals surface area contributed by atoms with Gasteiger partial charge in [-0.25, -0.2) is 0 Å². The average molecular weight is 258 g/mol. The molecule has 19 heavy (non-hydrogen) atoms. The van der Waals surface area contributed by atoms with Crippen molar-refractivity contribution in [1.82, 2.24) is 0 Å². The number of benzene rings is 1. The molecule has 1 aromatic carbocycles. The van der Waals surface area contributed by atoms with Gasteiger partial charge >= 0.3 is 0 Å². The monoisotopic (exact) mass is 258 g/mol. The Hall–Kier alpha value is -1.08. The lowest BCUT2D eigenvalue weighted by Crippen LogP contribution is -2.26. The molecule has 0 aromatic heterocycles. The highest BCUT2D eigenvalue weighted by Gasteiger charge is 2.34. The van der Waals surface area contributed by atoms with Gasteiger partial charge in [-0.3, -0.25) is 0 Å². The zero-order chi connectivity index (χ0) is 14.0. The Labute approximate surface area is 117 Å². The quantitative estimate of drug-likeness (QED) is 0.676. The molecule has 0 heterocycles. The molecule has 1 heteroatoms. The minimum absolute atomic E-state index is 0.107. The Balaban J connectivity index is 2.43. The molecule has 1 nitrogen and oxygen atoms in total. The third-order valence-corrected chi connectivity index (χ3v) is 4.42. The van der Waals surface area contributed by atoms with E-state index in [1.165, 1.54) is 41.5 Å². The van der Waals surface area contributed by atoms with Gasteiger partial charge < -0.3 is 4.74 Å². The Bertz CT molecular complexity index is 465. The first kappa shape index (κ1) is 14.3. The molecule has 1 aliphatic rings. The topological polar surface area (TPSA) is 9.23 Å². The number of hydrogen-bond acceptors (Lipinski definition) is 1. The number of allylic oxidation sites excluding steroid dienone is 1. The number of rotatable bonds is 3. The van der Waals surface area contributed by atoms with Crippen molar-refractivity contribution in [2.24, 2.45) is 5.41 Å². The molecular formula is C18H26O. The molecule has 104 valence electrons. The summed E-state index contributed by atoms with van der Waals surface area (Å²) in [7, 11) is 1.83. The van der Waals surface area contributed by atoms with E-state index in [9.17, 15) is 0 Å². The normalized spacial score (nSPS) is 20.5. The van der Waals surface area contributed by atoms with E-state index in [-0.39, 0.29) is 11.5 Å². The predicted molar refractivity (Wildman–Crippen MR) is 81.3 cm³/mol. The van der Waals surface area contributed by atoms with Crippen LogP contribution in [0.25, 0.3) is 0 Å². The van der Waals surface area contributed by atoms with Crippen LogP contribution in [0.2, 0.25) is 0 Å². The molecule has 0 radical (unpaired) electrons. The molecule has 0 aliphatic heterocycles. The van der Waals surface area contributed by atoms with Crippen LogP contribution in [-0.2, 0) is 4.74 Å². The van der Waals surface area contributed by atoms with E-state index in [4.69, 9.17) is 4.74 Å². The van der Waals surface area contributed by atoms with Crippen molar-refractivity contribution in [3.63, 3.8) is 0 Å². The minimum Gasteiger partial charge on any atom is -0.372 e. The van der Waals surface area contributed by atoms with E-state index in [1.54, 1.807) is 0 Å². The zero-order valence-corrected chi connectivity index (χ0v) is 12.9. The molecule has 0 amide bonds. The summed E-state index contributed by atoms with van der Waals surface area (Å²) in [5.41, 5.74) is 5.83. The third-order valence-electron chi connectivity index (χ3n) is 4.42. The van der Waals surface area contributed by atoms with Crippen LogP contribution < -0.4 is 0 Å². The molecule has 1 aliphatic carbocycles. The summed E-state index contributed by atoms with van der Waals surface area (Å²) in [4.78, 5) is 0. The lowest BCUT2D eigenvalue weighted by Gasteiger charge is -2.38. The number of ether oxygens (including phenoxy) is 1. The second-order valence-electron chi connectivity index (χ2n) is 6.46. The summed E-state index contributed by atoms with van der Waals surface area (Å²) in [5, 5.41) is 0. The minimum atomic E-state index is 0.107. The molecule has 2 rings (SSSR count).